The number of benzene rings is 3. The molecule has 16 heteroatoms. The zero-order valence-electron chi connectivity index (χ0n) is 24.8. The first-order valence-corrected chi connectivity index (χ1v) is 15.9. The van der Waals surface area contributed by atoms with E-state index in [9.17, 15) is 18.0 Å². The SMILES string of the molecule is CCCSc1ccc(Cl)cc1CNC(=O)N[C@@H](Cc1ccccc1)c1nc(-c2ccc3c(N)n[nH]c3c2)c(Cl)[nH]1.O=C(O)C(F)(F)F. The third kappa shape index (κ3) is 9.80. The van der Waals surface area contributed by atoms with E-state index in [1.54, 1.807) is 11.8 Å². The van der Waals surface area contributed by atoms with Crippen molar-refractivity contribution in [2.45, 2.75) is 43.4 Å². The largest absolute Gasteiger partial charge is 0.490 e. The summed E-state index contributed by atoms with van der Waals surface area (Å²) < 4.78 is 31.7. The highest BCUT2D eigenvalue weighted by atomic mass is 35.5. The van der Waals surface area contributed by atoms with Crippen molar-refractivity contribution in [3.8, 4) is 11.3 Å². The summed E-state index contributed by atoms with van der Waals surface area (Å²) in [6.07, 6.45) is -3.51. The number of carboxylic acids is 1. The van der Waals surface area contributed by atoms with E-state index in [0.29, 0.717) is 40.5 Å². The van der Waals surface area contributed by atoms with E-state index in [1.807, 2.05) is 66.7 Å². The Hall–Kier alpha value is -4.40. The van der Waals surface area contributed by atoms with Crippen molar-refractivity contribution in [2.24, 2.45) is 0 Å². The van der Waals surface area contributed by atoms with Crippen molar-refractivity contribution in [1.82, 2.24) is 30.8 Å². The maximum atomic E-state index is 13.2. The number of carboxylic acid groups (broad SMARTS) is 1. The van der Waals surface area contributed by atoms with Crippen molar-refractivity contribution in [3.63, 3.8) is 0 Å². The van der Waals surface area contributed by atoms with Gasteiger partial charge in [-0.3, -0.25) is 5.10 Å². The summed E-state index contributed by atoms with van der Waals surface area (Å²) in [5, 5.41) is 22.0. The first-order valence-electron chi connectivity index (χ1n) is 14.1. The Balaban J connectivity index is 0.000000644. The number of carbonyl (C=O) groups excluding carboxylic acids is 1. The number of aromatic amines is 2. The molecule has 7 N–H and O–H groups in total. The molecule has 0 bridgehead atoms. The topological polar surface area (TPSA) is 162 Å². The number of thioether (sulfide) groups is 1. The molecule has 0 spiro atoms. The van der Waals surface area contributed by atoms with Crippen LogP contribution in [0, 0.1) is 0 Å². The standard InChI is InChI=1S/C29H29Cl2N7OS.C2HF3O2/c1-2-12-40-24-11-9-20(30)14-19(24)16-33-29(39)34-23(13-17-6-4-3-5-7-17)28-35-25(26(31)36-28)18-8-10-21-22(15-18)37-38-27(21)32;3-2(4,5)1(6)7/h3-11,14-15,23H,2,12-13,16H2,1H3,(H,35,36)(H3,32,37,38)(H2,33,34,39);(H,6,7)/t23-;/m0./s1. The smallest absolute Gasteiger partial charge is 0.475 e. The normalized spacial score (nSPS) is 11.9. The number of hydrogen-bond donors (Lipinski definition) is 6. The first kappa shape index (κ1) is 35.5. The highest BCUT2D eigenvalue weighted by Crippen LogP contribution is 2.31. The fourth-order valence-corrected chi connectivity index (χ4v) is 5.75. The summed E-state index contributed by atoms with van der Waals surface area (Å²) in [4.78, 5) is 31.1. The molecular formula is C31H30Cl2F3N7O3S. The Morgan fingerprint density at radius 3 is 2.49 bits per heavy atom. The predicted molar refractivity (Wildman–Crippen MR) is 178 cm³/mol. The van der Waals surface area contributed by atoms with Crippen molar-refractivity contribution < 1.29 is 27.9 Å². The number of halogens is 5. The molecular weight excluding hydrogens is 678 g/mol. The summed E-state index contributed by atoms with van der Waals surface area (Å²) in [6, 6.07) is 20.6. The van der Waals surface area contributed by atoms with Crippen molar-refractivity contribution in [3.05, 3.63) is 93.9 Å². The van der Waals surface area contributed by atoms with Gasteiger partial charge in [0, 0.05) is 27.4 Å². The highest BCUT2D eigenvalue weighted by Gasteiger charge is 2.38. The maximum absolute atomic E-state index is 13.2. The number of nitrogens with zero attached hydrogens (tertiary/aromatic N) is 2. The van der Waals surface area contributed by atoms with Gasteiger partial charge in [0.1, 0.15) is 16.7 Å². The second kappa shape index (κ2) is 15.9. The number of hydrogen-bond acceptors (Lipinski definition) is 6. The van der Waals surface area contributed by atoms with E-state index >= 15 is 0 Å². The molecule has 0 aliphatic rings. The molecule has 2 amide bonds. The number of nitrogen functional groups attached to an aromatic ring is 1. The fraction of sp³-hybridized carbons (Fsp3) is 0.226. The van der Waals surface area contributed by atoms with Gasteiger partial charge >= 0.3 is 18.2 Å². The molecule has 3 aromatic carbocycles. The first-order chi connectivity index (χ1) is 22.3. The Labute approximate surface area is 281 Å². The van der Waals surface area contributed by atoms with Crippen LogP contribution in [0.4, 0.5) is 23.8 Å². The number of aromatic nitrogens is 4. The predicted octanol–water partition coefficient (Wildman–Crippen LogP) is 7.76. The molecule has 0 saturated carbocycles. The van der Waals surface area contributed by atoms with E-state index in [0.717, 1.165) is 44.7 Å². The van der Waals surface area contributed by atoms with Gasteiger partial charge in [-0.1, -0.05) is 66.5 Å². The Bertz CT molecular complexity index is 1830. The van der Waals surface area contributed by atoms with E-state index in [4.69, 9.17) is 43.8 Å². The van der Waals surface area contributed by atoms with Gasteiger partial charge in [0.05, 0.1) is 11.6 Å². The van der Waals surface area contributed by atoms with Gasteiger partial charge in [0.15, 0.2) is 5.82 Å². The molecule has 248 valence electrons. The summed E-state index contributed by atoms with van der Waals surface area (Å²) >= 11 is 14.6. The molecule has 0 radical (unpaired) electrons. The van der Waals surface area contributed by atoms with Gasteiger partial charge in [-0.15, -0.1) is 11.8 Å². The van der Waals surface area contributed by atoms with Crippen LogP contribution in [0.3, 0.4) is 0 Å². The van der Waals surface area contributed by atoms with Crippen molar-refractivity contribution in [1.29, 1.82) is 0 Å². The number of nitrogens with one attached hydrogen (secondary N) is 4. The van der Waals surface area contributed by atoms with E-state index in [-0.39, 0.29) is 6.03 Å². The Morgan fingerprint density at radius 2 is 1.81 bits per heavy atom. The van der Waals surface area contributed by atoms with Crippen LogP contribution in [0.1, 0.15) is 36.3 Å². The van der Waals surface area contributed by atoms with Gasteiger partial charge in [-0.25, -0.2) is 14.6 Å². The van der Waals surface area contributed by atoms with Gasteiger partial charge in [0.25, 0.3) is 0 Å². The van der Waals surface area contributed by atoms with Crippen LogP contribution < -0.4 is 16.4 Å². The highest BCUT2D eigenvalue weighted by molar-refractivity contribution is 7.99. The quantitative estimate of drug-likeness (QED) is 0.0808. The molecule has 0 aliphatic heterocycles. The van der Waals surface area contributed by atoms with Crippen molar-refractivity contribution >= 4 is 63.7 Å². The number of aliphatic carboxylic acids is 1. The van der Waals surface area contributed by atoms with Crippen LogP contribution in [0.5, 0.6) is 0 Å². The fourth-order valence-electron chi connectivity index (χ4n) is 4.40. The van der Waals surface area contributed by atoms with Crippen LogP contribution in [0.15, 0.2) is 71.6 Å². The molecule has 5 rings (SSSR count). The van der Waals surface area contributed by atoms with Gasteiger partial charge in [-0.2, -0.15) is 18.3 Å². The van der Waals surface area contributed by atoms with Crippen LogP contribution in [-0.4, -0.2) is 49.2 Å². The Kier molecular flexibility index (Phi) is 12.0. The number of imidazole rings is 1. The van der Waals surface area contributed by atoms with E-state index in [2.05, 4.69) is 32.7 Å². The van der Waals surface area contributed by atoms with Crippen LogP contribution in [-0.2, 0) is 17.8 Å². The zero-order valence-corrected chi connectivity index (χ0v) is 27.1. The van der Waals surface area contributed by atoms with Crippen LogP contribution in [0.25, 0.3) is 22.2 Å². The Morgan fingerprint density at radius 1 is 1.09 bits per heavy atom. The summed E-state index contributed by atoms with van der Waals surface area (Å²) in [7, 11) is 0. The van der Waals surface area contributed by atoms with Gasteiger partial charge in [-0.05, 0) is 60.1 Å². The lowest BCUT2D eigenvalue weighted by Crippen LogP contribution is -2.38. The number of amides is 2. The second-order valence-electron chi connectivity index (χ2n) is 10.1. The van der Waals surface area contributed by atoms with Crippen molar-refractivity contribution in [2.75, 3.05) is 11.5 Å². The van der Waals surface area contributed by atoms with Crippen LogP contribution >= 0.6 is 35.0 Å². The molecule has 47 heavy (non-hydrogen) atoms. The number of rotatable bonds is 10. The van der Waals surface area contributed by atoms with Gasteiger partial charge < -0.3 is 26.5 Å². The lowest BCUT2D eigenvalue weighted by molar-refractivity contribution is -0.192. The molecule has 2 aromatic heterocycles. The maximum Gasteiger partial charge on any atom is 0.490 e. The minimum absolute atomic E-state index is 0.323. The number of fused-ring (bicyclic) bond motifs is 1. The molecule has 0 aliphatic carbocycles. The molecule has 0 unspecified atom stereocenters. The monoisotopic (exact) mass is 707 g/mol. The number of anilines is 1. The molecule has 0 saturated heterocycles. The summed E-state index contributed by atoms with van der Waals surface area (Å²) in [5.41, 5.74) is 10.1. The van der Waals surface area contributed by atoms with E-state index in [1.165, 1.54) is 0 Å². The molecule has 2 heterocycles. The third-order valence-corrected chi connectivity index (χ3v) is 8.46. The average molecular weight is 709 g/mol. The lowest BCUT2D eigenvalue weighted by atomic mass is 10.1. The summed E-state index contributed by atoms with van der Waals surface area (Å²) in [5.74, 6) is -0.789. The third-order valence-electron chi connectivity index (χ3n) is 6.63. The lowest BCUT2D eigenvalue weighted by Gasteiger charge is -2.18. The molecule has 10 nitrogen and oxygen atoms in total. The zero-order chi connectivity index (χ0) is 34.1. The second-order valence-corrected chi connectivity index (χ2v) is 12.1. The summed E-state index contributed by atoms with van der Waals surface area (Å²) in [6.45, 7) is 2.48. The van der Waals surface area contributed by atoms with Gasteiger partial charge in [0.2, 0.25) is 0 Å². The molecule has 1 atom stereocenters. The number of urea groups is 1. The number of alkyl halides is 3. The number of nitrogens with two attached hydrogens (primary N) is 1. The number of carbonyl (C=O) groups is 2. The average Bonchev–Trinajstić information content (AvgIpc) is 3.61. The minimum atomic E-state index is -5.08. The number of H-pyrrole nitrogens is 2. The van der Waals surface area contributed by atoms with E-state index < -0.39 is 18.2 Å². The minimum Gasteiger partial charge on any atom is -0.475 e. The molecule has 0 fully saturated rings. The van der Waals surface area contributed by atoms with Crippen LogP contribution in [0.2, 0.25) is 10.2 Å². The molecule has 5 aromatic rings.